The molecule has 0 saturated carbocycles. The highest BCUT2D eigenvalue weighted by Crippen LogP contribution is 2.28. The molecule has 0 aliphatic heterocycles. The number of hydrogen-bond donors (Lipinski definition) is 2. The van der Waals surface area contributed by atoms with E-state index in [0.717, 1.165) is 39.1 Å². The van der Waals surface area contributed by atoms with E-state index < -0.39 is 11.9 Å². The highest BCUT2D eigenvalue weighted by atomic mass is 16.5. The summed E-state index contributed by atoms with van der Waals surface area (Å²) in [5, 5.41) is 19.3. The summed E-state index contributed by atoms with van der Waals surface area (Å²) >= 11 is 0. The van der Waals surface area contributed by atoms with E-state index in [9.17, 15) is 14.7 Å². The minimum atomic E-state index is -0.861. The van der Waals surface area contributed by atoms with Crippen molar-refractivity contribution in [3.05, 3.63) is 108 Å². The van der Waals surface area contributed by atoms with E-state index in [0.29, 0.717) is 32.6 Å². The minimum absolute atomic E-state index is 0.00704. The summed E-state index contributed by atoms with van der Waals surface area (Å²) in [5.41, 5.74) is 3.95. The van der Waals surface area contributed by atoms with Gasteiger partial charge < -0.3 is 24.3 Å². The molecule has 0 bridgehead atoms. The summed E-state index contributed by atoms with van der Waals surface area (Å²) in [6.45, 7) is 1.26. The minimum Gasteiger partial charge on any atom is -0.490 e. The number of carboxylic acid groups (broad SMARTS) is 2. The van der Waals surface area contributed by atoms with Gasteiger partial charge in [0.1, 0.15) is 24.7 Å². The van der Waals surface area contributed by atoms with Crippen molar-refractivity contribution >= 4 is 35.0 Å². The predicted molar refractivity (Wildman–Crippen MR) is 157 cm³/mol. The molecule has 0 unspecified atom stereocenters. The molecule has 0 saturated heterocycles. The van der Waals surface area contributed by atoms with Crippen molar-refractivity contribution in [3.63, 3.8) is 0 Å². The highest BCUT2D eigenvalue weighted by Gasteiger charge is 2.13. The van der Waals surface area contributed by atoms with Crippen molar-refractivity contribution < 1.29 is 29.3 Å². The number of ether oxygens (including phenoxy) is 2. The fourth-order valence-corrected chi connectivity index (χ4v) is 4.42. The number of nitrogens with zero attached hydrogens (tertiary/aromatic N) is 1. The van der Waals surface area contributed by atoms with Crippen molar-refractivity contribution in [1.82, 2.24) is 4.57 Å². The Labute approximate surface area is 233 Å². The molecule has 4 aromatic rings. The lowest BCUT2D eigenvalue weighted by molar-refractivity contribution is -0.138. The molecular weight excluding hydrogens is 506 g/mol. The van der Waals surface area contributed by atoms with E-state index in [1.165, 1.54) is 0 Å². The van der Waals surface area contributed by atoms with E-state index in [4.69, 9.17) is 14.6 Å². The molecule has 0 aliphatic carbocycles. The van der Waals surface area contributed by atoms with Crippen LogP contribution >= 0.6 is 0 Å². The molecule has 2 N–H and O–H groups in total. The van der Waals surface area contributed by atoms with Crippen LogP contribution in [0.15, 0.2) is 91.1 Å². The lowest BCUT2D eigenvalue weighted by atomic mass is 10.0. The van der Waals surface area contributed by atoms with Crippen LogP contribution in [0.4, 0.5) is 0 Å². The summed E-state index contributed by atoms with van der Waals surface area (Å²) in [5.74, 6) is -0.0841. The lowest BCUT2D eigenvalue weighted by Crippen LogP contribution is -2.04. The molecule has 7 nitrogen and oxygen atoms in total. The van der Waals surface area contributed by atoms with Gasteiger partial charge in [-0.1, -0.05) is 60.7 Å². The smallest absolute Gasteiger partial charge is 0.305 e. The zero-order valence-electron chi connectivity index (χ0n) is 22.2. The third kappa shape index (κ3) is 8.36. The van der Waals surface area contributed by atoms with Crippen LogP contribution in [0.5, 0.6) is 11.5 Å². The number of para-hydroxylation sites is 2. The molecule has 206 valence electrons. The normalized spacial score (nSPS) is 11.4. The number of carboxylic acids is 2. The van der Waals surface area contributed by atoms with Crippen LogP contribution in [0.3, 0.4) is 0 Å². The van der Waals surface area contributed by atoms with Crippen LogP contribution in [0, 0.1) is 0 Å². The van der Waals surface area contributed by atoms with Crippen LogP contribution in [0.2, 0.25) is 0 Å². The molecular formula is C33H33NO6. The van der Waals surface area contributed by atoms with Gasteiger partial charge in [0.05, 0.1) is 11.9 Å². The van der Waals surface area contributed by atoms with Gasteiger partial charge in [-0.05, 0) is 65.9 Å². The highest BCUT2D eigenvalue weighted by molar-refractivity contribution is 5.93. The molecule has 40 heavy (non-hydrogen) atoms. The van der Waals surface area contributed by atoms with Crippen LogP contribution in [-0.2, 0) is 22.6 Å². The van der Waals surface area contributed by atoms with Crippen LogP contribution in [0.1, 0.15) is 36.0 Å². The fourth-order valence-electron chi connectivity index (χ4n) is 4.42. The molecule has 3 aromatic carbocycles. The van der Waals surface area contributed by atoms with Gasteiger partial charge in [0, 0.05) is 24.5 Å². The molecule has 4 rings (SSSR count). The molecule has 0 atom stereocenters. The number of carbonyl (C=O) groups is 2. The topological polar surface area (TPSA) is 98.0 Å². The van der Waals surface area contributed by atoms with Gasteiger partial charge in [-0.2, -0.15) is 0 Å². The summed E-state index contributed by atoms with van der Waals surface area (Å²) in [6, 6.07) is 23.4. The van der Waals surface area contributed by atoms with E-state index >= 15 is 0 Å². The van der Waals surface area contributed by atoms with Gasteiger partial charge >= 0.3 is 11.9 Å². The number of aliphatic carboxylic acids is 2. The van der Waals surface area contributed by atoms with E-state index in [-0.39, 0.29) is 12.8 Å². The van der Waals surface area contributed by atoms with Gasteiger partial charge in [0.25, 0.3) is 0 Å². The first-order chi connectivity index (χ1) is 19.5. The van der Waals surface area contributed by atoms with E-state index in [1.54, 1.807) is 0 Å². The zero-order valence-corrected chi connectivity index (χ0v) is 22.2. The van der Waals surface area contributed by atoms with Crippen molar-refractivity contribution in [2.45, 2.75) is 32.2 Å². The van der Waals surface area contributed by atoms with Gasteiger partial charge in [0.2, 0.25) is 0 Å². The maximum Gasteiger partial charge on any atom is 0.305 e. The van der Waals surface area contributed by atoms with E-state index in [1.807, 2.05) is 108 Å². The van der Waals surface area contributed by atoms with Crippen LogP contribution in [0.25, 0.3) is 23.1 Å². The number of hydrogen-bond acceptors (Lipinski definition) is 4. The molecule has 0 spiro atoms. The first kappa shape index (κ1) is 28.2. The SMILES string of the molecule is O=C(O)CCCc1cn(CCC(=O)O)c2c(/C=C/c3ccc(OC/C=C/COc4ccccc4)cc3)cccc12. The Kier molecular flexibility index (Phi) is 10.2. The Morgan fingerprint density at radius 2 is 1.43 bits per heavy atom. The third-order valence-corrected chi connectivity index (χ3v) is 6.35. The molecule has 7 heteroatoms. The van der Waals surface area contributed by atoms with Gasteiger partial charge in [0.15, 0.2) is 0 Å². The molecule has 0 aliphatic rings. The van der Waals surface area contributed by atoms with Crippen LogP contribution < -0.4 is 9.47 Å². The summed E-state index contributed by atoms with van der Waals surface area (Å²) in [7, 11) is 0. The molecule has 1 aromatic heterocycles. The number of fused-ring (bicyclic) bond motifs is 1. The second kappa shape index (κ2) is 14.4. The fraction of sp³-hybridized carbons (Fsp3) is 0.212. The second-order valence-corrected chi connectivity index (χ2v) is 9.29. The van der Waals surface area contributed by atoms with Gasteiger partial charge in [-0.25, -0.2) is 0 Å². The Bertz CT molecular complexity index is 1470. The lowest BCUT2D eigenvalue weighted by Gasteiger charge is -2.07. The van der Waals surface area contributed by atoms with Gasteiger partial charge in [-0.3, -0.25) is 9.59 Å². The Morgan fingerprint density at radius 1 is 0.750 bits per heavy atom. The number of aromatic nitrogens is 1. The average molecular weight is 540 g/mol. The Balaban J connectivity index is 1.39. The Morgan fingerprint density at radius 3 is 2.10 bits per heavy atom. The number of rotatable bonds is 15. The van der Waals surface area contributed by atoms with E-state index in [2.05, 4.69) is 0 Å². The number of benzene rings is 3. The zero-order chi connectivity index (χ0) is 28.2. The number of aryl methyl sites for hydroxylation is 2. The van der Waals surface area contributed by atoms with Crippen LogP contribution in [-0.4, -0.2) is 39.9 Å². The molecule has 0 amide bonds. The first-order valence-corrected chi connectivity index (χ1v) is 13.3. The maximum atomic E-state index is 11.2. The third-order valence-electron chi connectivity index (χ3n) is 6.35. The standard InChI is InChI=1S/C33H33NO6/c35-31(36)13-7-9-27-24-34(21-20-32(37)38)33-26(8-6-12-30(27)33)17-14-25-15-18-29(19-16-25)40-23-5-4-22-39-28-10-2-1-3-11-28/h1-6,8,10-12,14-19,24H,7,9,13,20-23H2,(H,35,36)(H,37,38)/b5-4+,17-14+. The average Bonchev–Trinajstić information content (AvgIpc) is 3.31. The first-order valence-electron chi connectivity index (χ1n) is 13.3. The van der Waals surface area contributed by atoms with Crippen molar-refractivity contribution in [2.75, 3.05) is 13.2 Å². The van der Waals surface area contributed by atoms with Gasteiger partial charge in [-0.15, -0.1) is 0 Å². The van der Waals surface area contributed by atoms with Crippen molar-refractivity contribution in [3.8, 4) is 11.5 Å². The largest absolute Gasteiger partial charge is 0.490 e. The monoisotopic (exact) mass is 539 g/mol. The quantitative estimate of drug-likeness (QED) is 0.129. The molecule has 0 radical (unpaired) electrons. The predicted octanol–water partition coefficient (Wildman–Crippen LogP) is 6.71. The summed E-state index contributed by atoms with van der Waals surface area (Å²) in [6.07, 6.45) is 11.1. The second-order valence-electron chi connectivity index (χ2n) is 9.29. The Hall–Kier alpha value is -4.78. The summed E-state index contributed by atoms with van der Waals surface area (Å²) in [4.78, 5) is 22.2. The van der Waals surface area contributed by atoms with Crippen molar-refractivity contribution in [2.24, 2.45) is 0 Å². The van der Waals surface area contributed by atoms with Crippen molar-refractivity contribution in [1.29, 1.82) is 0 Å². The molecule has 1 heterocycles. The molecule has 0 fully saturated rings. The maximum absolute atomic E-state index is 11.2. The summed E-state index contributed by atoms with van der Waals surface area (Å²) < 4.78 is 13.4.